The minimum absolute atomic E-state index is 0.0895. The van der Waals surface area contributed by atoms with Crippen LogP contribution < -0.4 is 5.32 Å². The van der Waals surface area contributed by atoms with E-state index in [-0.39, 0.29) is 5.92 Å². The first kappa shape index (κ1) is 15.3. The van der Waals surface area contributed by atoms with E-state index in [0.717, 1.165) is 17.7 Å². The summed E-state index contributed by atoms with van der Waals surface area (Å²) in [6.45, 7) is 4.43. The second-order valence-corrected chi connectivity index (χ2v) is 5.21. The lowest BCUT2D eigenvalue weighted by Gasteiger charge is -2.19. The van der Waals surface area contributed by atoms with Gasteiger partial charge in [-0.15, -0.1) is 0 Å². The number of aliphatic carboxylic acids is 1. The molecule has 21 heavy (non-hydrogen) atoms. The second kappa shape index (κ2) is 7.04. The summed E-state index contributed by atoms with van der Waals surface area (Å²) in [4.78, 5) is 11.3. The van der Waals surface area contributed by atoms with E-state index in [1.807, 2.05) is 50.4 Å². The summed E-state index contributed by atoms with van der Waals surface area (Å²) in [5.74, 6) is -0.716. The molecule has 0 amide bonds. The third-order valence-corrected chi connectivity index (χ3v) is 3.66. The lowest BCUT2D eigenvalue weighted by molar-refractivity contribution is -0.140. The van der Waals surface area contributed by atoms with E-state index >= 15 is 0 Å². The zero-order chi connectivity index (χ0) is 15.2. The molecule has 0 bridgehead atoms. The molecule has 0 fully saturated rings. The summed E-state index contributed by atoms with van der Waals surface area (Å²) in [6.07, 6.45) is 4.50. The minimum Gasteiger partial charge on any atom is -0.480 e. The Morgan fingerprint density at radius 1 is 1.38 bits per heavy atom. The summed E-state index contributed by atoms with van der Waals surface area (Å²) < 4.78 is 1.79. The highest BCUT2D eigenvalue weighted by Crippen LogP contribution is 2.11. The number of para-hydroxylation sites is 1. The van der Waals surface area contributed by atoms with Crippen molar-refractivity contribution >= 4 is 5.97 Å². The van der Waals surface area contributed by atoms with Crippen molar-refractivity contribution in [2.24, 2.45) is 5.92 Å². The quantitative estimate of drug-likeness (QED) is 0.821. The van der Waals surface area contributed by atoms with Crippen LogP contribution in [0, 0.1) is 5.92 Å². The molecule has 0 unspecified atom stereocenters. The van der Waals surface area contributed by atoms with Crippen LogP contribution in [0.1, 0.15) is 25.8 Å². The molecule has 0 saturated heterocycles. The molecule has 0 saturated carbocycles. The smallest absolute Gasteiger partial charge is 0.320 e. The number of rotatable bonds is 7. The maximum atomic E-state index is 11.3. The molecular formula is C16H21N3O2. The van der Waals surface area contributed by atoms with Crippen molar-refractivity contribution in [3.8, 4) is 5.69 Å². The van der Waals surface area contributed by atoms with E-state index in [0.29, 0.717) is 6.54 Å². The minimum atomic E-state index is -0.806. The standard InChI is InChI=1S/C16H21N3O2/c1-3-12(2)15(16(20)21)17-9-13-10-18-19(11-13)14-7-5-4-6-8-14/h4-8,10-12,15,17H,3,9H2,1-2H3,(H,20,21)/t12-,15-/m0/s1. The lowest BCUT2D eigenvalue weighted by atomic mass is 9.99. The van der Waals surface area contributed by atoms with Gasteiger partial charge in [0.15, 0.2) is 0 Å². The van der Waals surface area contributed by atoms with Gasteiger partial charge in [0.05, 0.1) is 11.9 Å². The number of carboxylic acids is 1. The van der Waals surface area contributed by atoms with Gasteiger partial charge in [-0.1, -0.05) is 38.5 Å². The number of benzene rings is 1. The summed E-state index contributed by atoms with van der Waals surface area (Å²) >= 11 is 0. The maximum absolute atomic E-state index is 11.3. The molecule has 2 N–H and O–H groups in total. The third-order valence-electron chi connectivity index (χ3n) is 3.66. The second-order valence-electron chi connectivity index (χ2n) is 5.21. The predicted molar refractivity (Wildman–Crippen MR) is 81.3 cm³/mol. The molecular weight excluding hydrogens is 266 g/mol. The lowest BCUT2D eigenvalue weighted by Crippen LogP contribution is -2.41. The van der Waals surface area contributed by atoms with Gasteiger partial charge in [0.1, 0.15) is 6.04 Å². The van der Waals surface area contributed by atoms with Gasteiger partial charge >= 0.3 is 5.97 Å². The molecule has 0 aliphatic rings. The van der Waals surface area contributed by atoms with Gasteiger partial charge in [0.2, 0.25) is 0 Å². The molecule has 1 heterocycles. The summed E-state index contributed by atoms with van der Waals surface area (Å²) in [6, 6.07) is 9.29. The van der Waals surface area contributed by atoms with Gasteiger partial charge < -0.3 is 5.11 Å². The van der Waals surface area contributed by atoms with E-state index in [1.165, 1.54) is 0 Å². The van der Waals surface area contributed by atoms with Crippen LogP contribution in [0.3, 0.4) is 0 Å². The SMILES string of the molecule is CC[C@H](C)[C@H](NCc1cnn(-c2ccccc2)c1)C(=O)O. The molecule has 0 aliphatic heterocycles. The van der Waals surface area contributed by atoms with Crippen molar-refractivity contribution in [1.29, 1.82) is 0 Å². The van der Waals surface area contributed by atoms with Gasteiger partial charge in [-0.05, 0) is 18.1 Å². The fourth-order valence-electron chi connectivity index (χ4n) is 2.17. The highest BCUT2D eigenvalue weighted by Gasteiger charge is 2.22. The summed E-state index contributed by atoms with van der Waals surface area (Å²) in [5.41, 5.74) is 1.95. The van der Waals surface area contributed by atoms with E-state index in [4.69, 9.17) is 0 Å². The average Bonchev–Trinajstić information content (AvgIpc) is 2.96. The van der Waals surface area contributed by atoms with Crippen molar-refractivity contribution in [3.05, 3.63) is 48.3 Å². The summed E-state index contributed by atoms with van der Waals surface area (Å²) in [5, 5.41) is 16.7. The van der Waals surface area contributed by atoms with Gasteiger partial charge in [-0.3, -0.25) is 10.1 Å². The molecule has 0 spiro atoms. The first-order valence-corrected chi connectivity index (χ1v) is 7.17. The van der Waals surface area contributed by atoms with Gasteiger partial charge in [-0.25, -0.2) is 4.68 Å². The van der Waals surface area contributed by atoms with Crippen LogP contribution in [-0.4, -0.2) is 26.9 Å². The molecule has 112 valence electrons. The van der Waals surface area contributed by atoms with E-state index in [2.05, 4.69) is 10.4 Å². The Kier molecular flexibility index (Phi) is 5.11. The van der Waals surface area contributed by atoms with Crippen LogP contribution >= 0.6 is 0 Å². The Morgan fingerprint density at radius 3 is 2.71 bits per heavy atom. The van der Waals surface area contributed by atoms with Crippen LogP contribution in [0.25, 0.3) is 5.69 Å². The Balaban J connectivity index is 2.01. The van der Waals surface area contributed by atoms with Gasteiger partial charge in [0, 0.05) is 18.3 Å². The fraction of sp³-hybridized carbons (Fsp3) is 0.375. The van der Waals surface area contributed by atoms with Crippen molar-refractivity contribution in [2.75, 3.05) is 0 Å². The van der Waals surface area contributed by atoms with E-state index in [9.17, 15) is 9.90 Å². The number of hydrogen-bond donors (Lipinski definition) is 2. The molecule has 5 heteroatoms. The molecule has 2 aromatic rings. The zero-order valence-electron chi connectivity index (χ0n) is 12.4. The molecule has 1 aromatic heterocycles. The molecule has 0 aliphatic carbocycles. The number of hydrogen-bond acceptors (Lipinski definition) is 3. The van der Waals surface area contributed by atoms with Crippen molar-refractivity contribution < 1.29 is 9.90 Å². The van der Waals surface area contributed by atoms with Crippen LogP contribution in [0.2, 0.25) is 0 Å². The van der Waals surface area contributed by atoms with Crippen molar-refractivity contribution in [2.45, 2.75) is 32.9 Å². The Hall–Kier alpha value is -2.14. The molecule has 5 nitrogen and oxygen atoms in total. The Morgan fingerprint density at radius 2 is 2.10 bits per heavy atom. The van der Waals surface area contributed by atoms with E-state index < -0.39 is 12.0 Å². The highest BCUT2D eigenvalue weighted by atomic mass is 16.4. The monoisotopic (exact) mass is 287 g/mol. The topological polar surface area (TPSA) is 67.2 Å². The number of carbonyl (C=O) groups is 1. The van der Waals surface area contributed by atoms with Gasteiger partial charge in [-0.2, -0.15) is 5.10 Å². The van der Waals surface area contributed by atoms with Crippen molar-refractivity contribution in [3.63, 3.8) is 0 Å². The molecule has 0 radical (unpaired) electrons. The number of nitrogens with one attached hydrogen (secondary N) is 1. The first-order chi connectivity index (χ1) is 10.1. The van der Waals surface area contributed by atoms with Crippen LogP contribution in [-0.2, 0) is 11.3 Å². The number of aromatic nitrogens is 2. The highest BCUT2D eigenvalue weighted by molar-refractivity contribution is 5.73. The van der Waals surface area contributed by atoms with E-state index in [1.54, 1.807) is 10.9 Å². The predicted octanol–water partition coefficient (Wildman–Crippen LogP) is 2.46. The third kappa shape index (κ3) is 3.92. The number of nitrogens with zero attached hydrogens (tertiary/aromatic N) is 2. The molecule has 2 atom stereocenters. The fourth-order valence-corrected chi connectivity index (χ4v) is 2.17. The molecule has 2 rings (SSSR count). The number of carboxylic acid groups (broad SMARTS) is 1. The molecule has 1 aromatic carbocycles. The largest absolute Gasteiger partial charge is 0.480 e. The van der Waals surface area contributed by atoms with Gasteiger partial charge in [0.25, 0.3) is 0 Å². The Bertz CT molecular complexity index is 580. The zero-order valence-corrected chi connectivity index (χ0v) is 12.4. The van der Waals surface area contributed by atoms with Crippen molar-refractivity contribution in [1.82, 2.24) is 15.1 Å². The van der Waals surface area contributed by atoms with Crippen LogP contribution in [0.4, 0.5) is 0 Å². The summed E-state index contributed by atoms with van der Waals surface area (Å²) in [7, 11) is 0. The van der Waals surface area contributed by atoms with Crippen LogP contribution in [0.5, 0.6) is 0 Å². The average molecular weight is 287 g/mol. The first-order valence-electron chi connectivity index (χ1n) is 7.17. The normalized spacial score (nSPS) is 13.8. The Labute approximate surface area is 124 Å². The van der Waals surface area contributed by atoms with Crippen LogP contribution in [0.15, 0.2) is 42.7 Å². The maximum Gasteiger partial charge on any atom is 0.320 e.